The Morgan fingerprint density at radius 1 is 1.26 bits per heavy atom. The van der Waals surface area contributed by atoms with Gasteiger partial charge in [0.15, 0.2) is 0 Å². The maximum atomic E-state index is 12.4. The summed E-state index contributed by atoms with van der Waals surface area (Å²) in [6.45, 7) is 6.56. The highest BCUT2D eigenvalue weighted by Crippen LogP contribution is 2.16. The van der Waals surface area contributed by atoms with Crippen molar-refractivity contribution >= 4 is 5.91 Å². The van der Waals surface area contributed by atoms with E-state index in [4.69, 9.17) is 4.52 Å². The van der Waals surface area contributed by atoms with Gasteiger partial charge in [-0.3, -0.25) is 9.69 Å². The Balaban J connectivity index is 1.50. The third kappa shape index (κ3) is 3.79. The number of benzene rings is 1. The minimum absolute atomic E-state index is 0.0669. The first-order valence-electron chi connectivity index (χ1n) is 8.13. The summed E-state index contributed by atoms with van der Waals surface area (Å²) in [5.41, 5.74) is 2.57. The quantitative estimate of drug-likeness (QED) is 0.943. The van der Waals surface area contributed by atoms with Crippen LogP contribution >= 0.6 is 0 Å². The number of amides is 1. The maximum absolute atomic E-state index is 12.4. The highest BCUT2D eigenvalue weighted by atomic mass is 16.5. The molecule has 2 heterocycles. The molecule has 1 N–H and O–H groups in total. The van der Waals surface area contributed by atoms with E-state index in [1.807, 2.05) is 6.07 Å². The van der Waals surface area contributed by atoms with E-state index in [1.54, 1.807) is 13.8 Å². The zero-order valence-corrected chi connectivity index (χ0v) is 13.7. The maximum Gasteiger partial charge on any atom is 0.257 e. The summed E-state index contributed by atoms with van der Waals surface area (Å²) >= 11 is 0. The standard InChI is InChI=1S/C18H23N3O2/c1-13-17(14(2)23-20-13)18(22)19-16-8-10-21(11-9-16)12-15-6-4-3-5-7-15/h3-7,16H,8-12H2,1-2H3,(H,19,22). The van der Waals surface area contributed by atoms with Crippen LogP contribution in [0.4, 0.5) is 0 Å². The molecule has 1 amide bonds. The topological polar surface area (TPSA) is 58.4 Å². The molecule has 0 radical (unpaired) electrons. The highest BCUT2D eigenvalue weighted by molar-refractivity contribution is 5.96. The predicted molar refractivity (Wildman–Crippen MR) is 88.2 cm³/mol. The van der Waals surface area contributed by atoms with Crippen LogP contribution in [0.3, 0.4) is 0 Å². The molecule has 1 aliphatic heterocycles. The Morgan fingerprint density at radius 3 is 2.57 bits per heavy atom. The van der Waals surface area contributed by atoms with Crippen LogP contribution in [0.15, 0.2) is 34.9 Å². The Morgan fingerprint density at radius 2 is 1.96 bits per heavy atom. The summed E-state index contributed by atoms with van der Waals surface area (Å²) in [6.07, 6.45) is 1.95. The van der Waals surface area contributed by atoms with Gasteiger partial charge in [-0.1, -0.05) is 35.5 Å². The molecule has 5 heteroatoms. The van der Waals surface area contributed by atoms with E-state index >= 15 is 0 Å². The van der Waals surface area contributed by atoms with Crippen LogP contribution in [-0.2, 0) is 6.54 Å². The van der Waals surface area contributed by atoms with Crippen molar-refractivity contribution in [1.29, 1.82) is 0 Å². The summed E-state index contributed by atoms with van der Waals surface area (Å²) < 4.78 is 5.07. The number of carbonyl (C=O) groups excluding carboxylic acids is 1. The lowest BCUT2D eigenvalue weighted by Crippen LogP contribution is -2.44. The number of piperidine rings is 1. The van der Waals surface area contributed by atoms with Crippen molar-refractivity contribution in [3.8, 4) is 0 Å². The van der Waals surface area contributed by atoms with Crippen LogP contribution in [0.5, 0.6) is 0 Å². The highest BCUT2D eigenvalue weighted by Gasteiger charge is 2.24. The van der Waals surface area contributed by atoms with Gasteiger partial charge in [-0.2, -0.15) is 0 Å². The fourth-order valence-electron chi connectivity index (χ4n) is 3.14. The number of hydrogen-bond donors (Lipinski definition) is 1. The summed E-state index contributed by atoms with van der Waals surface area (Å²) in [5, 5.41) is 6.97. The largest absolute Gasteiger partial charge is 0.361 e. The van der Waals surface area contributed by atoms with E-state index in [0.29, 0.717) is 17.0 Å². The minimum atomic E-state index is -0.0669. The molecule has 1 aromatic carbocycles. The van der Waals surface area contributed by atoms with Gasteiger partial charge < -0.3 is 9.84 Å². The predicted octanol–water partition coefficient (Wildman–Crippen LogP) is 2.69. The number of nitrogens with one attached hydrogen (secondary N) is 1. The SMILES string of the molecule is Cc1noc(C)c1C(=O)NC1CCN(Cc2ccccc2)CC1. The number of rotatable bonds is 4. The van der Waals surface area contributed by atoms with E-state index in [-0.39, 0.29) is 11.9 Å². The lowest BCUT2D eigenvalue weighted by Gasteiger charge is -2.32. The van der Waals surface area contributed by atoms with Crippen molar-refractivity contribution in [1.82, 2.24) is 15.4 Å². The number of aryl methyl sites for hydroxylation is 2. The number of hydrogen-bond acceptors (Lipinski definition) is 4. The molecule has 0 aliphatic carbocycles. The van der Waals surface area contributed by atoms with Crippen molar-refractivity contribution in [3.63, 3.8) is 0 Å². The molecule has 1 fully saturated rings. The normalized spacial score (nSPS) is 16.4. The van der Waals surface area contributed by atoms with Gasteiger partial charge >= 0.3 is 0 Å². The van der Waals surface area contributed by atoms with Gasteiger partial charge in [0.25, 0.3) is 5.91 Å². The number of nitrogens with zero attached hydrogens (tertiary/aromatic N) is 2. The van der Waals surface area contributed by atoms with Gasteiger partial charge in [0.1, 0.15) is 11.3 Å². The van der Waals surface area contributed by atoms with Gasteiger partial charge in [0.2, 0.25) is 0 Å². The van der Waals surface area contributed by atoms with E-state index in [1.165, 1.54) is 5.56 Å². The van der Waals surface area contributed by atoms with Crippen LogP contribution in [0.25, 0.3) is 0 Å². The van der Waals surface area contributed by atoms with Crippen molar-refractivity contribution in [2.24, 2.45) is 0 Å². The molecular formula is C18H23N3O2. The van der Waals surface area contributed by atoms with Crippen LogP contribution in [-0.4, -0.2) is 35.1 Å². The minimum Gasteiger partial charge on any atom is -0.361 e. The second-order valence-electron chi connectivity index (χ2n) is 6.21. The Bertz CT molecular complexity index is 639. The average molecular weight is 313 g/mol. The molecule has 2 aromatic rings. The van der Waals surface area contributed by atoms with E-state index < -0.39 is 0 Å². The summed E-state index contributed by atoms with van der Waals surface area (Å²) in [7, 11) is 0. The zero-order chi connectivity index (χ0) is 16.2. The van der Waals surface area contributed by atoms with Gasteiger partial charge in [0, 0.05) is 25.7 Å². The van der Waals surface area contributed by atoms with Crippen molar-refractivity contribution in [2.45, 2.75) is 39.3 Å². The molecule has 1 aromatic heterocycles. The first-order valence-corrected chi connectivity index (χ1v) is 8.13. The monoisotopic (exact) mass is 313 g/mol. The molecule has 0 unspecified atom stereocenters. The fourth-order valence-corrected chi connectivity index (χ4v) is 3.14. The van der Waals surface area contributed by atoms with Gasteiger partial charge in [-0.05, 0) is 32.3 Å². The Kier molecular flexibility index (Phi) is 4.76. The van der Waals surface area contributed by atoms with Crippen LogP contribution < -0.4 is 5.32 Å². The Hall–Kier alpha value is -2.14. The van der Waals surface area contributed by atoms with Crippen LogP contribution in [0.2, 0.25) is 0 Å². The molecule has 0 atom stereocenters. The Labute approximate surface area is 136 Å². The lowest BCUT2D eigenvalue weighted by atomic mass is 10.0. The van der Waals surface area contributed by atoms with Crippen LogP contribution in [0, 0.1) is 13.8 Å². The molecule has 1 aliphatic rings. The summed E-state index contributed by atoms with van der Waals surface area (Å²) in [4.78, 5) is 14.8. The summed E-state index contributed by atoms with van der Waals surface area (Å²) in [5.74, 6) is 0.518. The first kappa shape index (κ1) is 15.7. The molecule has 5 nitrogen and oxygen atoms in total. The molecular weight excluding hydrogens is 290 g/mol. The smallest absolute Gasteiger partial charge is 0.257 e. The van der Waals surface area contributed by atoms with Gasteiger partial charge in [-0.15, -0.1) is 0 Å². The molecule has 23 heavy (non-hydrogen) atoms. The van der Waals surface area contributed by atoms with E-state index in [0.717, 1.165) is 32.5 Å². The lowest BCUT2D eigenvalue weighted by molar-refractivity contribution is 0.0907. The molecule has 0 spiro atoms. The van der Waals surface area contributed by atoms with Gasteiger partial charge in [0.05, 0.1) is 5.69 Å². The van der Waals surface area contributed by atoms with Crippen LogP contribution in [0.1, 0.15) is 40.2 Å². The average Bonchev–Trinajstić information content (AvgIpc) is 2.89. The third-order valence-electron chi connectivity index (χ3n) is 4.43. The second-order valence-corrected chi connectivity index (χ2v) is 6.21. The zero-order valence-electron chi connectivity index (χ0n) is 13.7. The molecule has 3 rings (SSSR count). The summed E-state index contributed by atoms with van der Waals surface area (Å²) in [6, 6.07) is 10.7. The van der Waals surface area contributed by atoms with Gasteiger partial charge in [-0.25, -0.2) is 0 Å². The van der Waals surface area contributed by atoms with Crippen molar-refractivity contribution < 1.29 is 9.32 Å². The molecule has 0 saturated carbocycles. The van der Waals surface area contributed by atoms with E-state index in [2.05, 4.69) is 39.6 Å². The second kappa shape index (κ2) is 6.96. The molecule has 0 bridgehead atoms. The first-order chi connectivity index (χ1) is 11.1. The number of carbonyl (C=O) groups is 1. The van der Waals surface area contributed by atoms with Crippen molar-refractivity contribution in [3.05, 3.63) is 52.9 Å². The number of likely N-dealkylation sites (tertiary alicyclic amines) is 1. The van der Waals surface area contributed by atoms with Crippen molar-refractivity contribution in [2.75, 3.05) is 13.1 Å². The molecule has 122 valence electrons. The fraction of sp³-hybridized carbons (Fsp3) is 0.444. The molecule has 1 saturated heterocycles. The van der Waals surface area contributed by atoms with E-state index in [9.17, 15) is 4.79 Å². The third-order valence-corrected chi connectivity index (χ3v) is 4.43. The number of aromatic nitrogens is 1.